The highest BCUT2D eigenvalue weighted by Gasteiger charge is 2.13. The molecule has 3 aromatic carbocycles. The standard InChI is InChI=1S/C26H26N2O6/c29-25(27-15-20-6-11-23-24(14-20)34-18-33-23)16-31-17-26(30)28-21-7-9-22(10-8-21)32-13-12-19-4-2-1-3-5-19/h1-11,14H,12-13,15-18H2,(H,27,29)(H,28,30). The maximum Gasteiger partial charge on any atom is 0.250 e. The summed E-state index contributed by atoms with van der Waals surface area (Å²) in [5.74, 6) is 1.41. The van der Waals surface area contributed by atoms with Crippen molar-refractivity contribution in [2.75, 3.05) is 31.9 Å². The van der Waals surface area contributed by atoms with Crippen LogP contribution in [0.3, 0.4) is 0 Å². The van der Waals surface area contributed by atoms with E-state index in [0.717, 1.165) is 17.7 Å². The molecule has 0 aromatic heterocycles. The van der Waals surface area contributed by atoms with Crippen LogP contribution in [0.2, 0.25) is 0 Å². The SMILES string of the molecule is O=C(COCC(=O)Nc1ccc(OCCc2ccccc2)cc1)NCc1ccc2c(c1)OCO2. The Morgan fingerprint density at radius 3 is 2.41 bits per heavy atom. The van der Waals surface area contributed by atoms with Gasteiger partial charge in [-0.2, -0.15) is 0 Å². The third kappa shape index (κ3) is 6.98. The van der Waals surface area contributed by atoms with E-state index in [4.69, 9.17) is 18.9 Å². The van der Waals surface area contributed by atoms with E-state index in [1.165, 1.54) is 5.56 Å². The fourth-order valence-corrected chi connectivity index (χ4v) is 3.30. The average molecular weight is 463 g/mol. The molecule has 1 heterocycles. The molecule has 0 fully saturated rings. The van der Waals surface area contributed by atoms with Crippen molar-refractivity contribution in [3.8, 4) is 17.2 Å². The lowest BCUT2D eigenvalue weighted by atomic mass is 10.2. The van der Waals surface area contributed by atoms with Gasteiger partial charge < -0.3 is 29.6 Å². The first-order chi connectivity index (χ1) is 16.7. The Bertz CT molecular complexity index is 1100. The van der Waals surface area contributed by atoms with Gasteiger partial charge >= 0.3 is 0 Å². The van der Waals surface area contributed by atoms with Crippen molar-refractivity contribution >= 4 is 17.5 Å². The number of carbonyl (C=O) groups is 2. The van der Waals surface area contributed by atoms with Crippen molar-refractivity contribution in [1.82, 2.24) is 5.32 Å². The van der Waals surface area contributed by atoms with E-state index in [1.807, 2.05) is 30.3 Å². The third-order valence-electron chi connectivity index (χ3n) is 5.03. The number of fused-ring (bicyclic) bond motifs is 1. The molecular formula is C26H26N2O6. The number of hydrogen-bond acceptors (Lipinski definition) is 6. The van der Waals surface area contributed by atoms with E-state index in [-0.39, 0.29) is 31.8 Å². The number of amides is 2. The summed E-state index contributed by atoms with van der Waals surface area (Å²) < 4.78 is 21.5. The van der Waals surface area contributed by atoms with Crippen LogP contribution in [0.25, 0.3) is 0 Å². The molecule has 8 nitrogen and oxygen atoms in total. The number of hydrogen-bond donors (Lipinski definition) is 2. The Kier molecular flexibility index (Phi) is 7.97. The highest BCUT2D eigenvalue weighted by molar-refractivity contribution is 5.91. The van der Waals surface area contributed by atoms with E-state index >= 15 is 0 Å². The molecule has 0 atom stereocenters. The molecule has 0 bridgehead atoms. The summed E-state index contributed by atoms with van der Waals surface area (Å²) in [4.78, 5) is 24.0. The molecule has 3 aromatic rings. The average Bonchev–Trinajstić information content (AvgIpc) is 3.32. The van der Waals surface area contributed by atoms with Crippen molar-refractivity contribution in [3.05, 3.63) is 83.9 Å². The fraction of sp³-hybridized carbons (Fsp3) is 0.231. The molecule has 1 aliphatic heterocycles. The fourth-order valence-electron chi connectivity index (χ4n) is 3.30. The molecule has 0 unspecified atom stereocenters. The molecular weight excluding hydrogens is 436 g/mol. The van der Waals surface area contributed by atoms with Crippen LogP contribution in [-0.2, 0) is 27.3 Å². The number of anilines is 1. The molecule has 2 N–H and O–H groups in total. The second-order valence-electron chi connectivity index (χ2n) is 7.61. The van der Waals surface area contributed by atoms with E-state index in [0.29, 0.717) is 30.3 Å². The Balaban J connectivity index is 1.10. The summed E-state index contributed by atoms with van der Waals surface area (Å²) in [7, 11) is 0. The summed E-state index contributed by atoms with van der Waals surface area (Å²) in [5.41, 5.74) is 2.71. The van der Waals surface area contributed by atoms with Gasteiger partial charge in [-0.15, -0.1) is 0 Å². The molecule has 8 heteroatoms. The maximum atomic E-state index is 12.1. The van der Waals surface area contributed by atoms with E-state index in [1.54, 1.807) is 30.3 Å². The number of carbonyl (C=O) groups excluding carboxylic acids is 2. The van der Waals surface area contributed by atoms with Crippen molar-refractivity contribution in [2.45, 2.75) is 13.0 Å². The van der Waals surface area contributed by atoms with Crippen molar-refractivity contribution in [1.29, 1.82) is 0 Å². The molecule has 0 saturated heterocycles. The first kappa shape index (κ1) is 23.1. The van der Waals surface area contributed by atoms with Crippen LogP contribution >= 0.6 is 0 Å². The number of benzene rings is 3. The normalized spacial score (nSPS) is 11.6. The predicted molar refractivity (Wildman–Crippen MR) is 126 cm³/mol. The zero-order valence-corrected chi connectivity index (χ0v) is 18.6. The van der Waals surface area contributed by atoms with Gasteiger partial charge in [-0.3, -0.25) is 9.59 Å². The Labute approximate surface area is 197 Å². The molecule has 176 valence electrons. The minimum absolute atomic E-state index is 0.202. The van der Waals surface area contributed by atoms with Gasteiger partial charge in [0, 0.05) is 18.7 Å². The Morgan fingerprint density at radius 1 is 0.824 bits per heavy atom. The second-order valence-corrected chi connectivity index (χ2v) is 7.61. The van der Waals surface area contributed by atoms with Crippen molar-refractivity contribution < 1.29 is 28.5 Å². The summed E-state index contributed by atoms with van der Waals surface area (Å²) in [6.45, 7) is 0.651. The third-order valence-corrected chi connectivity index (χ3v) is 5.03. The minimum Gasteiger partial charge on any atom is -0.493 e. The minimum atomic E-state index is -0.346. The van der Waals surface area contributed by atoms with Crippen LogP contribution in [0.15, 0.2) is 72.8 Å². The number of ether oxygens (including phenoxy) is 4. The topological polar surface area (TPSA) is 95.1 Å². The van der Waals surface area contributed by atoms with Crippen molar-refractivity contribution in [2.24, 2.45) is 0 Å². The largest absolute Gasteiger partial charge is 0.493 e. The molecule has 0 saturated carbocycles. The molecule has 0 aliphatic carbocycles. The summed E-state index contributed by atoms with van der Waals surface area (Å²) in [6, 6.07) is 22.7. The van der Waals surface area contributed by atoms with Gasteiger partial charge in [0.15, 0.2) is 11.5 Å². The van der Waals surface area contributed by atoms with E-state index in [9.17, 15) is 9.59 Å². The molecule has 0 spiro atoms. The number of rotatable bonds is 11. The second kappa shape index (κ2) is 11.7. The van der Waals surface area contributed by atoms with Gasteiger partial charge in [0.05, 0.1) is 6.61 Å². The van der Waals surface area contributed by atoms with Gasteiger partial charge in [-0.05, 0) is 47.5 Å². The lowest BCUT2D eigenvalue weighted by molar-refractivity contribution is -0.128. The summed E-state index contributed by atoms with van der Waals surface area (Å²) in [6.07, 6.45) is 0.820. The molecule has 4 rings (SSSR count). The lowest BCUT2D eigenvalue weighted by Crippen LogP contribution is -2.29. The molecule has 1 aliphatic rings. The van der Waals surface area contributed by atoms with Gasteiger partial charge in [-0.1, -0.05) is 36.4 Å². The quantitative estimate of drug-likeness (QED) is 0.454. The van der Waals surface area contributed by atoms with Gasteiger partial charge in [-0.25, -0.2) is 0 Å². The van der Waals surface area contributed by atoms with Crippen LogP contribution in [0.5, 0.6) is 17.2 Å². The van der Waals surface area contributed by atoms with E-state index in [2.05, 4.69) is 22.8 Å². The molecule has 0 radical (unpaired) electrons. The predicted octanol–water partition coefficient (Wildman–Crippen LogP) is 3.31. The maximum absolute atomic E-state index is 12.1. The van der Waals surface area contributed by atoms with Gasteiger partial charge in [0.1, 0.15) is 19.0 Å². The van der Waals surface area contributed by atoms with Crippen LogP contribution in [0.1, 0.15) is 11.1 Å². The van der Waals surface area contributed by atoms with E-state index < -0.39 is 0 Å². The Hall–Kier alpha value is -4.04. The smallest absolute Gasteiger partial charge is 0.250 e. The highest BCUT2D eigenvalue weighted by Crippen LogP contribution is 2.32. The van der Waals surface area contributed by atoms with Crippen molar-refractivity contribution in [3.63, 3.8) is 0 Å². The van der Waals surface area contributed by atoms with Crippen LogP contribution in [0, 0.1) is 0 Å². The first-order valence-corrected chi connectivity index (χ1v) is 11.0. The zero-order valence-electron chi connectivity index (χ0n) is 18.6. The molecule has 34 heavy (non-hydrogen) atoms. The summed E-state index contributed by atoms with van der Waals surface area (Å²) in [5, 5.41) is 5.47. The molecule has 2 amide bonds. The summed E-state index contributed by atoms with van der Waals surface area (Å²) >= 11 is 0. The van der Waals surface area contributed by atoms with Crippen LogP contribution in [-0.4, -0.2) is 38.4 Å². The lowest BCUT2D eigenvalue weighted by Gasteiger charge is -2.09. The Morgan fingerprint density at radius 2 is 1.59 bits per heavy atom. The monoisotopic (exact) mass is 462 g/mol. The zero-order chi connectivity index (χ0) is 23.6. The van der Waals surface area contributed by atoms with Crippen LogP contribution < -0.4 is 24.8 Å². The van der Waals surface area contributed by atoms with Crippen LogP contribution in [0.4, 0.5) is 5.69 Å². The number of nitrogens with one attached hydrogen (secondary N) is 2. The highest BCUT2D eigenvalue weighted by atomic mass is 16.7. The first-order valence-electron chi connectivity index (χ1n) is 11.0. The van der Waals surface area contributed by atoms with Gasteiger partial charge in [0.25, 0.3) is 0 Å². The van der Waals surface area contributed by atoms with Gasteiger partial charge in [0.2, 0.25) is 18.6 Å².